The molecule has 0 saturated carbocycles. The van der Waals surface area contributed by atoms with Crippen LogP contribution < -0.4 is 10.0 Å². The smallest absolute Gasteiger partial charge is 0.264 e. The first-order valence-corrected chi connectivity index (χ1v) is 13.2. The molecule has 0 unspecified atom stereocenters. The number of anilines is 3. The Morgan fingerprint density at radius 3 is 2.30 bits per heavy atom. The first-order valence-electron chi connectivity index (χ1n) is 11.8. The third-order valence-corrected chi connectivity index (χ3v) is 7.57. The molecule has 9 nitrogen and oxygen atoms in total. The molecule has 10 heteroatoms. The molecule has 0 aliphatic rings. The Morgan fingerprint density at radius 1 is 0.973 bits per heavy atom. The van der Waals surface area contributed by atoms with E-state index >= 15 is 0 Å². The number of rotatable bonds is 6. The molecule has 0 spiro atoms. The molecule has 37 heavy (non-hydrogen) atoms. The number of benzene rings is 2. The second kappa shape index (κ2) is 9.19. The maximum atomic E-state index is 12.9. The van der Waals surface area contributed by atoms with Crippen molar-refractivity contribution in [3.63, 3.8) is 0 Å². The number of nitriles is 1. The van der Waals surface area contributed by atoms with Crippen molar-refractivity contribution in [3.8, 4) is 6.07 Å². The van der Waals surface area contributed by atoms with Gasteiger partial charge in [0.25, 0.3) is 10.0 Å². The van der Waals surface area contributed by atoms with E-state index in [1.54, 1.807) is 32.0 Å². The van der Waals surface area contributed by atoms with Gasteiger partial charge in [-0.25, -0.2) is 28.1 Å². The monoisotopic (exact) mass is 511 g/mol. The van der Waals surface area contributed by atoms with Gasteiger partial charge in [-0.3, -0.25) is 4.40 Å². The highest BCUT2D eigenvalue weighted by Crippen LogP contribution is 2.33. The summed E-state index contributed by atoms with van der Waals surface area (Å²) in [6, 6.07) is 18.3. The van der Waals surface area contributed by atoms with Gasteiger partial charge in [0.15, 0.2) is 5.65 Å². The van der Waals surface area contributed by atoms with Gasteiger partial charge in [-0.1, -0.05) is 19.1 Å². The molecule has 0 saturated heterocycles. The highest BCUT2D eigenvalue weighted by molar-refractivity contribution is 7.92. The number of fused-ring (bicyclic) bond motifs is 3. The largest absolute Gasteiger partial charge is 0.341 e. The van der Waals surface area contributed by atoms with Crippen molar-refractivity contribution in [2.24, 2.45) is 0 Å². The molecule has 3 heterocycles. The second-order valence-electron chi connectivity index (χ2n) is 8.78. The topological polar surface area (TPSA) is 125 Å². The normalized spacial score (nSPS) is 11.5. The Bertz CT molecular complexity index is 1800. The van der Waals surface area contributed by atoms with Crippen molar-refractivity contribution in [2.45, 2.75) is 39.0 Å². The molecule has 2 N–H and O–H groups in total. The van der Waals surface area contributed by atoms with Crippen LogP contribution >= 0.6 is 0 Å². The SMILES string of the molecule is CCc1c(C)c(C#N)c2nc3ccccc3n2c1Nc1ccc(S(=O)(=O)Nc2nc(C)cc(C)n2)cc1. The summed E-state index contributed by atoms with van der Waals surface area (Å²) in [5.41, 5.74) is 6.68. The predicted molar refractivity (Wildman–Crippen MR) is 144 cm³/mol. The van der Waals surface area contributed by atoms with Crippen LogP contribution in [0.2, 0.25) is 0 Å². The van der Waals surface area contributed by atoms with Crippen molar-refractivity contribution < 1.29 is 8.42 Å². The molecule has 0 atom stereocenters. The van der Waals surface area contributed by atoms with Crippen molar-refractivity contribution in [3.05, 3.63) is 82.7 Å². The van der Waals surface area contributed by atoms with Gasteiger partial charge >= 0.3 is 0 Å². The summed E-state index contributed by atoms with van der Waals surface area (Å²) < 4.78 is 30.3. The summed E-state index contributed by atoms with van der Waals surface area (Å²) in [4.78, 5) is 13.1. The lowest BCUT2D eigenvalue weighted by atomic mass is 10.0. The second-order valence-corrected chi connectivity index (χ2v) is 10.5. The van der Waals surface area contributed by atoms with Gasteiger partial charge < -0.3 is 5.32 Å². The van der Waals surface area contributed by atoms with E-state index in [9.17, 15) is 13.7 Å². The summed E-state index contributed by atoms with van der Waals surface area (Å²) in [5.74, 6) is 0.829. The van der Waals surface area contributed by atoms with E-state index < -0.39 is 10.0 Å². The zero-order valence-corrected chi connectivity index (χ0v) is 21.7. The predicted octanol–water partition coefficient (Wildman–Crippen LogP) is 5.18. The minimum Gasteiger partial charge on any atom is -0.341 e. The zero-order valence-electron chi connectivity index (χ0n) is 20.9. The van der Waals surface area contributed by atoms with Gasteiger partial charge in [-0.15, -0.1) is 0 Å². The molecule has 0 fully saturated rings. The first kappa shape index (κ1) is 24.2. The third kappa shape index (κ3) is 4.34. The minimum absolute atomic E-state index is 0.0368. The molecule has 5 rings (SSSR count). The van der Waals surface area contributed by atoms with Crippen LogP contribution in [0.15, 0.2) is 59.5 Å². The van der Waals surface area contributed by atoms with Crippen LogP contribution in [-0.2, 0) is 16.4 Å². The Balaban J connectivity index is 1.55. The molecule has 0 amide bonds. The number of aryl methyl sites for hydroxylation is 2. The molecule has 3 aromatic heterocycles. The molecule has 0 bridgehead atoms. The van der Waals surface area contributed by atoms with Crippen LogP contribution in [-0.4, -0.2) is 27.8 Å². The lowest BCUT2D eigenvalue weighted by Gasteiger charge is -2.18. The van der Waals surface area contributed by atoms with Crippen LogP contribution in [0, 0.1) is 32.1 Å². The molecule has 0 radical (unpaired) electrons. The summed E-state index contributed by atoms with van der Waals surface area (Å²) in [5, 5.41) is 13.3. The molecule has 5 aromatic rings. The van der Waals surface area contributed by atoms with E-state index in [2.05, 4.69) is 26.1 Å². The fraction of sp³-hybridized carbons (Fsp3) is 0.185. The number of hydrogen-bond donors (Lipinski definition) is 2. The van der Waals surface area contributed by atoms with Crippen molar-refractivity contribution in [1.29, 1.82) is 5.26 Å². The number of nitrogens with one attached hydrogen (secondary N) is 2. The highest BCUT2D eigenvalue weighted by atomic mass is 32.2. The maximum absolute atomic E-state index is 12.9. The van der Waals surface area contributed by atoms with Crippen LogP contribution in [0.1, 0.15) is 35.0 Å². The van der Waals surface area contributed by atoms with E-state index in [0.717, 1.165) is 28.0 Å². The summed E-state index contributed by atoms with van der Waals surface area (Å²) >= 11 is 0. The quantitative estimate of drug-likeness (QED) is 0.322. The van der Waals surface area contributed by atoms with Gasteiger partial charge in [-0.05, 0) is 80.8 Å². The molecule has 186 valence electrons. The molecular formula is C27H25N7O2S. The van der Waals surface area contributed by atoms with Crippen LogP contribution in [0.25, 0.3) is 16.7 Å². The van der Waals surface area contributed by atoms with Gasteiger partial charge in [0, 0.05) is 17.1 Å². The fourth-order valence-corrected chi connectivity index (χ4v) is 5.50. The highest BCUT2D eigenvalue weighted by Gasteiger charge is 2.21. The average Bonchev–Trinajstić information content (AvgIpc) is 3.23. The fourth-order valence-electron chi connectivity index (χ4n) is 4.55. The van der Waals surface area contributed by atoms with Crippen LogP contribution in [0.4, 0.5) is 17.5 Å². The van der Waals surface area contributed by atoms with E-state index in [1.165, 1.54) is 12.1 Å². The van der Waals surface area contributed by atoms with E-state index in [-0.39, 0.29) is 10.8 Å². The van der Waals surface area contributed by atoms with E-state index in [0.29, 0.717) is 34.7 Å². The Labute approximate surface area is 214 Å². The molecule has 0 aliphatic carbocycles. The zero-order chi connectivity index (χ0) is 26.3. The van der Waals surface area contributed by atoms with Gasteiger partial charge in [0.05, 0.1) is 21.5 Å². The van der Waals surface area contributed by atoms with Crippen LogP contribution in [0.5, 0.6) is 0 Å². The number of para-hydroxylation sites is 2. The summed E-state index contributed by atoms with van der Waals surface area (Å²) in [6.07, 6.45) is 0.692. The van der Waals surface area contributed by atoms with Gasteiger partial charge in [-0.2, -0.15) is 5.26 Å². The number of nitrogens with zero attached hydrogens (tertiary/aromatic N) is 5. The molecular weight excluding hydrogens is 486 g/mol. The van der Waals surface area contributed by atoms with Crippen LogP contribution in [0.3, 0.4) is 0 Å². The van der Waals surface area contributed by atoms with Crippen molar-refractivity contribution in [1.82, 2.24) is 19.4 Å². The summed E-state index contributed by atoms with van der Waals surface area (Å²) in [7, 11) is -3.87. The number of sulfonamides is 1. The van der Waals surface area contributed by atoms with E-state index in [1.807, 2.05) is 42.5 Å². The lowest BCUT2D eigenvalue weighted by molar-refractivity contribution is 0.601. The average molecular weight is 512 g/mol. The van der Waals surface area contributed by atoms with Crippen molar-refractivity contribution >= 4 is 44.2 Å². The minimum atomic E-state index is -3.87. The standard InChI is InChI=1S/C27H25N7O2S/c1-5-21-18(4)22(15-28)26-32-23-8-6-7-9-24(23)34(26)25(21)31-19-10-12-20(13-11-19)37(35,36)33-27-29-16(2)14-17(3)30-27/h6-14,31H,5H2,1-4H3,(H,29,30,33). The number of pyridine rings is 1. The van der Waals surface area contributed by atoms with Gasteiger partial charge in [0.2, 0.25) is 5.95 Å². The number of aromatic nitrogens is 4. The number of imidazole rings is 1. The Hall–Kier alpha value is -4.49. The first-order chi connectivity index (χ1) is 17.7. The summed E-state index contributed by atoms with van der Waals surface area (Å²) in [6.45, 7) is 7.53. The van der Waals surface area contributed by atoms with Crippen molar-refractivity contribution in [2.75, 3.05) is 10.0 Å². The Kier molecular flexibility index (Phi) is 6.01. The molecule has 2 aromatic carbocycles. The van der Waals surface area contributed by atoms with E-state index in [4.69, 9.17) is 4.98 Å². The number of hydrogen-bond acceptors (Lipinski definition) is 7. The van der Waals surface area contributed by atoms with Gasteiger partial charge in [0.1, 0.15) is 11.9 Å². The third-order valence-electron chi connectivity index (χ3n) is 6.22. The maximum Gasteiger partial charge on any atom is 0.264 e. The molecule has 0 aliphatic heterocycles. The Morgan fingerprint density at radius 2 is 1.65 bits per heavy atom. The lowest BCUT2D eigenvalue weighted by Crippen LogP contribution is -2.15.